The van der Waals surface area contributed by atoms with Crippen LogP contribution in [-0.4, -0.2) is 76.5 Å². The SMILES string of the molecule is COC(=O)C1=C(CF)NC2=C(C(=O)OC2)[C@H]1c1cc(F)cc(F)c1[C@@H]1CC1(F)F.COC(=O)C1=C(CF)NC2=C(C(=O)OC2)[C@H]1c1cc(F)cc(F)c1[C@H]1CC1(F)F. The summed E-state index contributed by atoms with van der Waals surface area (Å²) < 4.78 is 159. The molecule has 308 valence electrons. The Morgan fingerprint density at radius 1 is 0.672 bits per heavy atom. The van der Waals surface area contributed by atoms with E-state index in [4.69, 9.17) is 9.47 Å². The zero-order valence-corrected chi connectivity index (χ0v) is 29.9. The second kappa shape index (κ2) is 14.5. The molecule has 2 aliphatic carbocycles. The van der Waals surface area contributed by atoms with Gasteiger partial charge in [-0.2, -0.15) is 0 Å². The van der Waals surface area contributed by atoms with Crippen LogP contribution in [0.25, 0.3) is 0 Å². The highest BCUT2D eigenvalue weighted by Gasteiger charge is 2.61. The van der Waals surface area contributed by atoms with Crippen molar-refractivity contribution in [2.45, 2.75) is 48.4 Å². The first-order valence-electron chi connectivity index (χ1n) is 17.2. The third-order valence-electron chi connectivity index (χ3n) is 10.5. The number of methoxy groups -OCH3 is 2. The maximum atomic E-state index is 14.6. The zero-order valence-electron chi connectivity index (χ0n) is 29.9. The van der Waals surface area contributed by atoms with Crippen molar-refractivity contribution in [3.05, 3.63) is 115 Å². The van der Waals surface area contributed by atoms with Crippen molar-refractivity contribution in [3.63, 3.8) is 0 Å². The van der Waals surface area contributed by atoms with Gasteiger partial charge in [0.25, 0.3) is 11.8 Å². The van der Waals surface area contributed by atoms with Crippen LogP contribution in [0.1, 0.15) is 58.8 Å². The summed E-state index contributed by atoms with van der Waals surface area (Å²) in [6.45, 7) is -2.96. The maximum absolute atomic E-state index is 14.6. The molecule has 6 aliphatic rings. The maximum Gasteiger partial charge on any atom is 0.337 e. The van der Waals surface area contributed by atoms with E-state index in [2.05, 4.69) is 20.1 Å². The average molecular weight is 831 g/mol. The molecule has 58 heavy (non-hydrogen) atoms. The van der Waals surface area contributed by atoms with Crippen molar-refractivity contribution in [1.29, 1.82) is 0 Å². The Kier molecular flexibility index (Phi) is 10.1. The molecule has 0 saturated heterocycles. The summed E-state index contributed by atoms with van der Waals surface area (Å²) in [5.41, 5.74) is -3.40. The van der Waals surface area contributed by atoms with E-state index in [1.54, 1.807) is 0 Å². The summed E-state index contributed by atoms with van der Waals surface area (Å²) >= 11 is 0. The Morgan fingerprint density at radius 3 is 1.31 bits per heavy atom. The van der Waals surface area contributed by atoms with Gasteiger partial charge in [-0.3, -0.25) is 0 Å². The minimum atomic E-state index is -3.22. The highest BCUT2D eigenvalue weighted by molar-refractivity contribution is 6.02. The topological polar surface area (TPSA) is 129 Å². The standard InChI is InChI=1S/2C19H14F5NO4/c2*1-28-17(26)15-11(5-20)25-12-6-29-18(27)16(12)14(15)8-2-7(21)3-10(22)13(8)9-4-19(9,23)24/h2*2-3,9,14,25H,4-6H2,1H3/t9-,14+;9-,14-/m10/s1. The predicted octanol–water partition coefficient (Wildman–Crippen LogP) is 5.96. The predicted molar refractivity (Wildman–Crippen MR) is 175 cm³/mol. The molecule has 0 radical (unpaired) electrons. The summed E-state index contributed by atoms with van der Waals surface area (Å²) in [7, 11) is 2.00. The Bertz CT molecular complexity index is 2160. The van der Waals surface area contributed by atoms with Gasteiger partial charge in [-0.1, -0.05) is 0 Å². The van der Waals surface area contributed by atoms with Gasteiger partial charge < -0.3 is 29.6 Å². The number of ether oxygens (including phenoxy) is 4. The summed E-state index contributed by atoms with van der Waals surface area (Å²) in [5.74, 6) is -21.2. The molecule has 8 rings (SSSR count). The number of hydrogen-bond donors (Lipinski definition) is 2. The molecule has 10 nitrogen and oxygen atoms in total. The first-order chi connectivity index (χ1) is 27.4. The average Bonchev–Trinajstić information content (AvgIpc) is 3.85. The fourth-order valence-corrected chi connectivity index (χ4v) is 7.77. The van der Waals surface area contributed by atoms with Crippen LogP contribution in [0.4, 0.5) is 43.9 Å². The third kappa shape index (κ3) is 6.74. The Morgan fingerprint density at radius 2 is 1.02 bits per heavy atom. The lowest BCUT2D eigenvalue weighted by Crippen LogP contribution is -2.32. The van der Waals surface area contributed by atoms with Crippen LogP contribution in [0.15, 0.2) is 69.3 Å². The van der Waals surface area contributed by atoms with Crippen LogP contribution in [0.2, 0.25) is 0 Å². The van der Waals surface area contributed by atoms with Crippen molar-refractivity contribution in [2.75, 3.05) is 40.8 Å². The Balaban J connectivity index is 0.000000177. The summed E-state index contributed by atoms with van der Waals surface area (Å²) in [4.78, 5) is 49.5. The molecule has 2 N–H and O–H groups in total. The molecular weight excluding hydrogens is 802 g/mol. The van der Waals surface area contributed by atoms with Crippen LogP contribution in [0.5, 0.6) is 0 Å². The lowest BCUT2D eigenvalue weighted by Gasteiger charge is -2.29. The van der Waals surface area contributed by atoms with Crippen LogP contribution < -0.4 is 10.6 Å². The van der Waals surface area contributed by atoms with Gasteiger partial charge in [0.2, 0.25) is 0 Å². The van der Waals surface area contributed by atoms with E-state index in [1.807, 2.05) is 0 Å². The van der Waals surface area contributed by atoms with Gasteiger partial charge in [0.15, 0.2) is 0 Å². The van der Waals surface area contributed by atoms with Crippen LogP contribution in [-0.2, 0) is 38.1 Å². The normalized spacial score (nSPS) is 24.8. The van der Waals surface area contributed by atoms with Gasteiger partial charge in [-0.25, -0.2) is 63.1 Å². The number of carbonyl (C=O) groups is 4. The number of dihydropyridines is 2. The lowest BCUT2D eigenvalue weighted by molar-refractivity contribution is -0.138. The molecule has 0 amide bonds. The van der Waals surface area contributed by atoms with Crippen molar-refractivity contribution in [2.24, 2.45) is 0 Å². The van der Waals surface area contributed by atoms with Crippen LogP contribution in [0, 0.1) is 23.3 Å². The van der Waals surface area contributed by atoms with E-state index < -0.39 is 131 Å². The smallest absolute Gasteiger partial charge is 0.337 e. The number of esters is 4. The van der Waals surface area contributed by atoms with Gasteiger partial charge in [-0.05, 0) is 23.3 Å². The number of cyclic esters (lactones) is 2. The number of nitrogens with one attached hydrogen (secondary N) is 2. The molecule has 0 spiro atoms. The molecule has 4 atom stereocenters. The molecule has 4 heterocycles. The van der Waals surface area contributed by atoms with Crippen molar-refractivity contribution < 1.29 is 82.0 Å². The second-order valence-electron chi connectivity index (χ2n) is 13.9. The fourth-order valence-electron chi connectivity index (χ4n) is 7.77. The minimum absolute atomic E-state index is 0.0958. The van der Waals surface area contributed by atoms with E-state index in [-0.39, 0.29) is 58.3 Å². The molecule has 4 aliphatic heterocycles. The van der Waals surface area contributed by atoms with Gasteiger partial charge in [0, 0.05) is 36.1 Å². The van der Waals surface area contributed by atoms with E-state index in [0.717, 1.165) is 26.4 Å². The second-order valence-corrected chi connectivity index (χ2v) is 13.9. The van der Waals surface area contributed by atoms with Crippen molar-refractivity contribution in [1.82, 2.24) is 10.6 Å². The van der Waals surface area contributed by atoms with Crippen molar-refractivity contribution >= 4 is 23.9 Å². The van der Waals surface area contributed by atoms with E-state index in [1.165, 1.54) is 0 Å². The lowest BCUT2D eigenvalue weighted by atomic mass is 9.78. The van der Waals surface area contributed by atoms with Gasteiger partial charge >= 0.3 is 23.9 Å². The van der Waals surface area contributed by atoms with Crippen LogP contribution in [0.3, 0.4) is 0 Å². The number of rotatable bonds is 8. The number of benzene rings is 2. The molecule has 0 bridgehead atoms. The minimum Gasteiger partial charge on any atom is -0.466 e. The molecule has 0 aromatic heterocycles. The molecular formula is C38H28F10N2O8. The largest absolute Gasteiger partial charge is 0.466 e. The van der Waals surface area contributed by atoms with E-state index >= 15 is 0 Å². The van der Waals surface area contributed by atoms with Gasteiger partial charge in [0.05, 0.1) is 83.0 Å². The summed E-state index contributed by atoms with van der Waals surface area (Å²) in [6.07, 6.45) is -1.34. The van der Waals surface area contributed by atoms with Crippen LogP contribution >= 0.6 is 0 Å². The monoisotopic (exact) mass is 830 g/mol. The highest BCUT2D eigenvalue weighted by Crippen LogP contribution is 2.60. The summed E-state index contributed by atoms with van der Waals surface area (Å²) in [6, 6.07) is 2.46. The molecule has 2 aromatic rings. The van der Waals surface area contributed by atoms with Crippen molar-refractivity contribution in [3.8, 4) is 0 Å². The number of alkyl halides is 6. The zero-order chi connectivity index (χ0) is 42.2. The Hall–Kier alpha value is -5.82. The first kappa shape index (κ1) is 40.4. The molecule has 20 heteroatoms. The van der Waals surface area contributed by atoms with Gasteiger partial charge in [0.1, 0.15) is 49.8 Å². The summed E-state index contributed by atoms with van der Waals surface area (Å²) in [5, 5.41) is 5.14. The van der Waals surface area contributed by atoms with E-state index in [0.29, 0.717) is 12.1 Å². The molecule has 2 fully saturated rings. The quantitative estimate of drug-likeness (QED) is 0.187. The Labute approximate surface area is 320 Å². The molecule has 0 unspecified atom stereocenters. The molecule has 2 saturated carbocycles. The fraction of sp³-hybridized carbons (Fsp3) is 0.368. The van der Waals surface area contributed by atoms with Gasteiger partial charge in [-0.15, -0.1) is 0 Å². The number of halogens is 10. The number of allylic oxidation sites excluding steroid dienone is 2. The third-order valence-corrected chi connectivity index (χ3v) is 10.5. The molecule has 2 aromatic carbocycles. The number of carbonyl (C=O) groups excluding carboxylic acids is 4. The highest BCUT2D eigenvalue weighted by atomic mass is 19.3. The first-order valence-corrected chi connectivity index (χ1v) is 17.2. The van der Waals surface area contributed by atoms with E-state index in [9.17, 15) is 63.1 Å². The number of hydrogen-bond acceptors (Lipinski definition) is 10.